The van der Waals surface area contributed by atoms with Crippen molar-refractivity contribution in [3.8, 4) is 0 Å². The van der Waals surface area contributed by atoms with Crippen molar-refractivity contribution in [2.45, 2.75) is 19.3 Å². The van der Waals surface area contributed by atoms with Crippen LogP contribution >= 0.6 is 0 Å². The summed E-state index contributed by atoms with van der Waals surface area (Å²) in [5.41, 5.74) is 8.39. The zero-order valence-corrected chi connectivity index (χ0v) is 10.6. The van der Waals surface area contributed by atoms with Crippen LogP contribution in [0.1, 0.15) is 18.1 Å². The van der Waals surface area contributed by atoms with E-state index < -0.39 is 5.79 Å². The minimum absolute atomic E-state index is 0.661. The first-order chi connectivity index (χ1) is 9.16. The quantitative estimate of drug-likeness (QED) is 0.915. The van der Waals surface area contributed by atoms with Crippen LogP contribution in [0.15, 0.2) is 49.2 Å². The van der Waals surface area contributed by atoms with Crippen molar-refractivity contribution < 1.29 is 9.47 Å². The normalized spacial score (nSPS) is 16.1. The second-order valence-electron chi connectivity index (χ2n) is 4.63. The molecule has 5 nitrogen and oxygen atoms in total. The van der Waals surface area contributed by atoms with E-state index in [0.29, 0.717) is 12.2 Å². The van der Waals surface area contributed by atoms with Crippen LogP contribution in [0.25, 0.3) is 0 Å². The number of nitrogen functional groups attached to an aromatic ring is 1. The third kappa shape index (κ3) is 2.27. The molecule has 5 heteroatoms. The van der Waals surface area contributed by atoms with E-state index in [1.807, 2.05) is 31.2 Å². The van der Waals surface area contributed by atoms with Gasteiger partial charge >= 0.3 is 0 Å². The van der Waals surface area contributed by atoms with Gasteiger partial charge in [0.15, 0.2) is 0 Å². The first-order valence-corrected chi connectivity index (χ1v) is 6.04. The maximum Gasteiger partial charge on any atom is 0.273 e. The molecule has 0 atom stereocenters. The number of nitrogens with zero attached hydrogens (tertiary/aromatic N) is 2. The molecule has 0 aliphatic carbocycles. The van der Waals surface area contributed by atoms with Gasteiger partial charge in [-0.05, 0) is 11.6 Å². The highest BCUT2D eigenvalue weighted by molar-refractivity contribution is 5.32. The minimum Gasteiger partial charge on any atom is -0.453 e. The Morgan fingerprint density at radius 3 is 2.79 bits per heavy atom. The van der Waals surface area contributed by atoms with Crippen molar-refractivity contribution in [1.82, 2.24) is 9.78 Å². The fourth-order valence-electron chi connectivity index (χ4n) is 2.08. The van der Waals surface area contributed by atoms with Crippen molar-refractivity contribution in [2.75, 3.05) is 5.73 Å². The molecule has 0 fully saturated rings. The van der Waals surface area contributed by atoms with Gasteiger partial charge in [0.05, 0.1) is 18.4 Å². The first-order valence-electron chi connectivity index (χ1n) is 6.04. The summed E-state index contributed by atoms with van der Waals surface area (Å²) in [5.74, 6) is -0.737. The van der Waals surface area contributed by atoms with Crippen molar-refractivity contribution in [3.63, 3.8) is 0 Å². The first kappa shape index (κ1) is 11.6. The molecule has 2 N–H and O–H groups in total. The number of nitrogens with two attached hydrogens (primary N) is 1. The summed E-state index contributed by atoms with van der Waals surface area (Å²) in [6.07, 6.45) is 6.55. The van der Waals surface area contributed by atoms with Gasteiger partial charge in [0.25, 0.3) is 5.79 Å². The number of benzene rings is 1. The molecular formula is C14H15N3O2. The summed E-state index contributed by atoms with van der Waals surface area (Å²) in [6.45, 7) is 2.55. The Morgan fingerprint density at radius 2 is 2.11 bits per heavy atom. The van der Waals surface area contributed by atoms with Crippen LogP contribution in [0.3, 0.4) is 0 Å². The molecule has 1 aliphatic heterocycles. The van der Waals surface area contributed by atoms with Crippen molar-refractivity contribution in [1.29, 1.82) is 0 Å². The molecule has 3 rings (SSSR count). The summed E-state index contributed by atoms with van der Waals surface area (Å²) < 4.78 is 12.8. The van der Waals surface area contributed by atoms with Gasteiger partial charge in [-0.25, -0.2) is 0 Å². The van der Waals surface area contributed by atoms with E-state index in [0.717, 1.165) is 11.1 Å². The topological polar surface area (TPSA) is 62.3 Å². The Balaban J connectivity index is 1.84. The molecule has 98 valence electrons. The molecule has 0 unspecified atom stereocenters. The minimum atomic E-state index is -0.737. The highest BCUT2D eigenvalue weighted by Gasteiger charge is 2.31. The molecule has 0 saturated carbocycles. The van der Waals surface area contributed by atoms with Gasteiger partial charge in [0.2, 0.25) is 0 Å². The van der Waals surface area contributed by atoms with E-state index in [9.17, 15) is 0 Å². The smallest absolute Gasteiger partial charge is 0.273 e. The lowest BCUT2D eigenvalue weighted by atomic mass is 10.0. The highest BCUT2D eigenvalue weighted by atomic mass is 16.7. The zero-order chi connectivity index (χ0) is 13.3. The van der Waals surface area contributed by atoms with Crippen LogP contribution in [-0.2, 0) is 21.8 Å². The van der Waals surface area contributed by atoms with Gasteiger partial charge in [-0.15, -0.1) is 0 Å². The number of anilines is 1. The number of aromatic nitrogens is 2. The SMILES string of the molecule is CC1(c2cccc(Cn3cc(N)cn3)c2)OC=CO1. The Kier molecular flexibility index (Phi) is 2.67. The maximum absolute atomic E-state index is 5.65. The summed E-state index contributed by atoms with van der Waals surface area (Å²) >= 11 is 0. The third-order valence-corrected chi connectivity index (χ3v) is 3.09. The fourth-order valence-corrected chi connectivity index (χ4v) is 2.08. The van der Waals surface area contributed by atoms with Gasteiger partial charge in [-0.3, -0.25) is 4.68 Å². The summed E-state index contributed by atoms with van der Waals surface area (Å²) in [4.78, 5) is 0. The van der Waals surface area contributed by atoms with Crippen LogP contribution in [0, 0.1) is 0 Å². The van der Waals surface area contributed by atoms with E-state index in [1.165, 1.54) is 0 Å². The van der Waals surface area contributed by atoms with Gasteiger partial charge in [0, 0.05) is 18.7 Å². The number of hydrogen-bond donors (Lipinski definition) is 1. The summed E-state index contributed by atoms with van der Waals surface area (Å²) in [7, 11) is 0. The van der Waals surface area contributed by atoms with Crippen LogP contribution < -0.4 is 5.73 Å². The lowest BCUT2D eigenvalue weighted by Crippen LogP contribution is -2.22. The molecule has 0 radical (unpaired) electrons. The van der Waals surface area contributed by atoms with E-state index in [4.69, 9.17) is 15.2 Å². The average molecular weight is 257 g/mol. The van der Waals surface area contributed by atoms with Crippen LogP contribution in [-0.4, -0.2) is 9.78 Å². The largest absolute Gasteiger partial charge is 0.453 e. The highest BCUT2D eigenvalue weighted by Crippen LogP contribution is 2.31. The summed E-state index contributed by atoms with van der Waals surface area (Å²) in [6, 6.07) is 8.04. The van der Waals surface area contributed by atoms with Crippen LogP contribution in [0.4, 0.5) is 5.69 Å². The van der Waals surface area contributed by atoms with E-state index in [2.05, 4.69) is 5.10 Å². The molecule has 0 saturated heterocycles. The zero-order valence-electron chi connectivity index (χ0n) is 10.6. The monoisotopic (exact) mass is 257 g/mol. The molecule has 0 amide bonds. The number of rotatable bonds is 3. The summed E-state index contributed by atoms with van der Waals surface area (Å²) in [5, 5.41) is 4.17. The predicted molar refractivity (Wildman–Crippen MR) is 70.8 cm³/mol. The fraction of sp³-hybridized carbons (Fsp3) is 0.214. The second-order valence-corrected chi connectivity index (χ2v) is 4.63. The standard InChI is InChI=1S/C14H15N3O2/c1-14(18-5-6-19-14)12-4-2-3-11(7-12)9-17-10-13(15)8-16-17/h2-8,10H,9,15H2,1H3. The van der Waals surface area contributed by atoms with Gasteiger partial charge in [-0.2, -0.15) is 5.10 Å². The molecule has 2 heterocycles. The Bertz CT molecular complexity index is 611. The predicted octanol–water partition coefficient (Wildman–Crippen LogP) is 2.20. The third-order valence-electron chi connectivity index (χ3n) is 3.09. The van der Waals surface area contributed by atoms with Crippen LogP contribution in [0.2, 0.25) is 0 Å². The van der Waals surface area contributed by atoms with Gasteiger partial charge in [0.1, 0.15) is 12.5 Å². The maximum atomic E-state index is 5.65. The van der Waals surface area contributed by atoms with Crippen molar-refractivity contribution in [3.05, 3.63) is 60.3 Å². The molecule has 1 aromatic carbocycles. The molecule has 1 aromatic heterocycles. The Hall–Kier alpha value is -2.43. The lowest BCUT2D eigenvalue weighted by Gasteiger charge is -2.23. The molecule has 2 aromatic rings. The Morgan fingerprint density at radius 1 is 1.32 bits per heavy atom. The molecule has 0 spiro atoms. The van der Waals surface area contributed by atoms with E-state index >= 15 is 0 Å². The number of ether oxygens (including phenoxy) is 2. The van der Waals surface area contributed by atoms with Crippen molar-refractivity contribution >= 4 is 5.69 Å². The van der Waals surface area contributed by atoms with Gasteiger partial charge in [-0.1, -0.05) is 18.2 Å². The average Bonchev–Trinajstić information content (AvgIpc) is 3.00. The molecule has 0 bridgehead atoms. The second kappa shape index (κ2) is 4.35. The Labute approximate surface area is 111 Å². The lowest BCUT2D eigenvalue weighted by molar-refractivity contribution is -0.133. The molecule has 19 heavy (non-hydrogen) atoms. The van der Waals surface area contributed by atoms with Gasteiger partial charge < -0.3 is 15.2 Å². The van der Waals surface area contributed by atoms with E-state index in [1.54, 1.807) is 29.6 Å². The van der Waals surface area contributed by atoms with Crippen molar-refractivity contribution in [2.24, 2.45) is 0 Å². The van der Waals surface area contributed by atoms with E-state index in [-0.39, 0.29) is 0 Å². The molecule has 1 aliphatic rings. The van der Waals surface area contributed by atoms with Crippen LogP contribution in [0.5, 0.6) is 0 Å². The molecular weight excluding hydrogens is 242 g/mol. The number of hydrogen-bond acceptors (Lipinski definition) is 4.